The molecule has 1 rings (SSSR count). The molecule has 1 amide bonds. The van der Waals surface area contributed by atoms with Crippen molar-refractivity contribution in [3.8, 4) is 0 Å². The van der Waals surface area contributed by atoms with Gasteiger partial charge in [-0.2, -0.15) is 0 Å². The van der Waals surface area contributed by atoms with Gasteiger partial charge in [-0.1, -0.05) is 6.92 Å². The first-order valence-electron chi connectivity index (χ1n) is 7.09. The van der Waals surface area contributed by atoms with E-state index in [4.69, 9.17) is 4.74 Å². The van der Waals surface area contributed by atoms with Crippen molar-refractivity contribution in [1.29, 1.82) is 0 Å². The highest BCUT2D eigenvalue weighted by molar-refractivity contribution is 5.78. The highest BCUT2D eigenvalue weighted by Crippen LogP contribution is 2.12. The summed E-state index contributed by atoms with van der Waals surface area (Å²) in [4.78, 5) is 16.1. The molecule has 1 aliphatic heterocycles. The minimum Gasteiger partial charge on any atom is -0.389 e. The monoisotopic (exact) mass is 272 g/mol. The van der Waals surface area contributed by atoms with E-state index in [2.05, 4.69) is 0 Å². The molecule has 5 heteroatoms. The zero-order valence-electron chi connectivity index (χ0n) is 12.8. The van der Waals surface area contributed by atoms with Crippen LogP contribution in [0.1, 0.15) is 34.6 Å². The Morgan fingerprint density at radius 2 is 1.89 bits per heavy atom. The van der Waals surface area contributed by atoms with E-state index in [9.17, 15) is 9.90 Å². The number of aliphatic hydroxyl groups is 1. The van der Waals surface area contributed by atoms with E-state index in [1.165, 1.54) is 0 Å². The van der Waals surface area contributed by atoms with Gasteiger partial charge < -0.3 is 14.7 Å². The SMILES string of the molecule is CCN(CC(=O)N1C[C@H](C)O[C@@H](C)C1)CC(C)(C)O. The first-order chi connectivity index (χ1) is 8.71. The number of carbonyl (C=O) groups excluding carboxylic acids is 1. The fourth-order valence-corrected chi connectivity index (χ4v) is 2.50. The molecular weight excluding hydrogens is 244 g/mol. The van der Waals surface area contributed by atoms with Crippen molar-refractivity contribution in [1.82, 2.24) is 9.80 Å². The molecule has 1 saturated heterocycles. The second-order valence-corrected chi connectivity index (χ2v) is 6.17. The van der Waals surface area contributed by atoms with Crippen LogP contribution in [0.5, 0.6) is 0 Å². The van der Waals surface area contributed by atoms with E-state index >= 15 is 0 Å². The summed E-state index contributed by atoms with van der Waals surface area (Å²) in [6.45, 7) is 12.4. The van der Waals surface area contributed by atoms with E-state index in [1.807, 2.05) is 30.6 Å². The molecule has 0 radical (unpaired) electrons. The van der Waals surface area contributed by atoms with Gasteiger partial charge in [0.15, 0.2) is 0 Å². The molecule has 0 unspecified atom stereocenters. The van der Waals surface area contributed by atoms with Crippen LogP contribution in [0, 0.1) is 0 Å². The van der Waals surface area contributed by atoms with Crippen LogP contribution >= 0.6 is 0 Å². The predicted octanol–water partition coefficient (Wildman–Crippen LogP) is 0.715. The van der Waals surface area contributed by atoms with Crippen LogP contribution in [-0.2, 0) is 9.53 Å². The average Bonchev–Trinajstić information content (AvgIpc) is 2.24. The van der Waals surface area contributed by atoms with Crippen molar-refractivity contribution in [3.63, 3.8) is 0 Å². The molecule has 0 saturated carbocycles. The zero-order valence-corrected chi connectivity index (χ0v) is 12.8. The minimum atomic E-state index is -0.776. The Morgan fingerprint density at radius 3 is 2.32 bits per heavy atom. The van der Waals surface area contributed by atoms with Gasteiger partial charge in [-0.3, -0.25) is 9.69 Å². The third kappa shape index (κ3) is 5.89. The van der Waals surface area contributed by atoms with Gasteiger partial charge in [0.25, 0.3) is 0 Å². The van der Waals surface area contributed by atoms with Crippen molar-refractivity contribution >= 4 is 5.91 Å². The highest BCUT2D eigenvalue weighted by Gasteiger charge is 2.27. The van der Waals surface area contributed by atoms with Crippen LogP contribution < -0.4 is 0 Å². The maximum absolute atomic E-state index is 12.3. The molecule has 0 aromatic rings. The number of hydrogen-bond acceptors (Lipinski definition) is 4. The molecule has 2 atom stereocenters. The Morgan fingerprint density at radius 1 is 1.37 bits per heavy atom. The van der Waals surface area contributed by atoms with Crippen LogP contribution in [0.2, 0.25) is 0 Å². The summed E-state index contributed by atoms with van der Waals surface area (Å²) >= 11 is 0. The number of likely N-dealkylation sites (N-methyl/N-ethyl adjacent to an activating group) is 1. The number of nitrogens with zero attached hydrogens (tertiary/aromatic N) is 2. The molecule has 1 heterocycles. The number of amides is 1. The normalized spacial score (nSPS) is 24.9. The van der Waals surface area contributed by atoms with Crippen molar-refractivity contribution < 1.29 is 14.6 Å². The Labute approximate surface area is 116 Å². The van der Waals surface area contributed by atoms with Gasteiger partial charge in [0.1, 0.15) is 0 Å². The molecule has 0 aliphatic carbocycles. The van der Waals surface area contributed by atoms with Gasteiger partial charge in [-0.15, -0.1) is 0 Å². The second-order valence-electron chi connectivity index (χ2n) is 6.17. The summed E-state index contributed by atoms with van der Waals surface area (Å²) in [7, 11) is 0. The average molecular weight is 272 g/mol. The number of carbonyl (C=O) groups is 1. The fourth-order valence-electron chi connectivity index (χ4n) is 2.50. The minimum absolute atomic E-state index is 0.0945. The Bertz CT molecular complexity index is 292. The molecule has 112 valence electrons. The van der Waals surface area contributed by atoms with Crippen LogP contribution in [0.25, 0.3) is 0 Å². The van der Waals surface area contributed by atoms with E-state index in [0.717, 1.165) is 6.54 Å². The Kier molecular flexibility index (Phi) is 5.77. The zero-order chi connectivity index (χ0) is 14.6. The second kappa shape index (κ2) is 6.68. The van der Waals surface area contributed by atoms with E-state index < -0.39 is 5.60 Å². The third-order valence-corrected chi connectivity index (χ3v) is 3.19. The third-order valence-electron chi connectivity index (χ3n) is 3.19. The van der Waals surface area contributed by atoms with Crippen molar-refractivity contribution in [2.24, 2.45) is 0 Å². The van der Waals surface area contributed by atoms with E-state index in [1.54, 1.807) is 13.8 Å². The largest absolute Gasteiger partial charge is 0.389 e. The number of rotatable bonds is 5. The molecular formula is C14H28N2O3. The molecule has 0 aromatic heterocycles. The van der Waals surface area contributed by atoms with Gasteiger partial charge in [0.2, 0.25) is 5.91 Å². The topological polar surface area (TPSA) is 53.0 Å². The van der Waals surface area contributed by atoms with Crippen LogP contribution in [0.15, 0.2) is 0 Å². The molecule has 1 fully saturated rings. The molecule has 1 aliphatic rings. The number of ether oxygens (including phenoxy) is 1. The summed E-state index contributed by atoms with van der Waals surface area (Å²) in [6.07, 6.45) is 0.189. The lowest BCUT2D eigenvalue weighted by atomic mass is 10.1. The van der Waals surface area contributed by atoms with Crippen molar-refractivity contribution in [2.75, 3.05) is 32.7 Å². The lowest BCUT2D eigenvalue weighted by Gasteiger charge is -2.37. The molecule has 0 bridgehead atoms. The lowest BCUT2D eigenvalue weighted by Crippen LogP contribution is -2.52. The maximum Gasteiger partial charge on any atom is 0.236 e. The maximum atomic E-state index is 12.3. The summed E-state index contributed by atoms with van der Waals surface area (Å²) in [5.41, 5.74) is -0.776. The molecule has 0 spiro atoms. The van der Waals surface area contributed by atoms with Crippen LogP contribution in [0.4, 0.5) is 0 Å². The van der Waals surface area contributed by atoms with Gasteiger partial charge in [-0.25, -0.2) is 0 Å². The van der Waals surface area contributed by atoms with Crippen molar-refractivity contribution in [3.05, 3.63) is 0 Å². The van der Waals surface area contributed by atoms with E-state index in [0.29, 0.717) is 26.2 Å². The quantitative estimate of drug-likeness (QED) is 0.801. The van der Waals surface area contributed by atoms with Crippen molar-refractivity contribution in [2.45, 2.75) is 52.4 Å². The van der Waals surface area contributed by atoms with Gasteiger partial charge in [0.05, 0.1) is 24.4 Å². The van der Waals surface area contributed by atoms with Gasteiger partial charge >= 0.3 is 0 Å². The summed E-state index contributed by atoms with van der Waals surface area (Å²) in [5.74, 6) is 0.119. The van der Waals surface area contributed by atoms with E-state index in [-0.39, 0.29) is 18.1 Å². The first-order valence-corrected chi connectivity index (χ1v) is 7.09. The summed E-state index contributed by atoms with van der Waals surface area (Å²) in [6, 6.07) is 0. The summed E-state index contributed by atoms with van der Waals surface area (Å²) in [5, 5.41) is 9.84. The molecule has 0 aromatic carbocycles. The summed E-state index contributed by atoms with van der Waals surface area (Å²) < 4.78 is 5.63. The molecule has 1 N–H and O–H groups in total. The first kappa shape index (κ1) is 16.4. The van der Waals surface area contributed by atoms with Gasteiger partial charge in [-0.05, 0) is 34.2 Å². The molecule has 19 heavy (non-hydrogen) atoms. The fraction of sp³-hybridized carbons (Fsp3) is 0.929. The number of hydrogen-bond donors (Lipinski definition) is 1. The predicted molar refractivity (Wildman–Crippen MR) is 75.0 cm³/mol. The Hall–Kier alpha value is -0.650. The highest BCUT2D eigenvalue weighted by atomic mass is 16.5. The Balaban J connectivity index is 2.52. The smallest absolute Gasteiger partial charge is 0.236 e. The number of morpholine rings is 1. The molecule has 5 nitrogen and oxygen atoms in total. The van der Waals surface area contributed by atoms with Crippen LogP contribution in [0.3, 0.4) is 0 Å². The lowest BCUT2D eigenvalue weighted by molar-refractivity contribution is -0.144. The standard InChI is InChI=1S/C14H28N2O3/c1-6-15(10-14(4,5)18)9-13(17)16-7-11(2)19-12(3)8-16/h11-12,18H,6-10H2,1-5H3/t11-,12-/m0/s1. The van der Waals surface area contributed by atoms with Gasteiger partial charge in [0, 0.05) is 19.6 Å². The van der Waals surface area contributed by atoms with Crippen LogP contribution in [-0.4, -0.2) is 71.3 Å².